The Morgan fingerprint density at radius 3 is 1.73 bits per heavy atom. The van der Waals surface area contributed by atoms with Crippen molar-refractivity contribution in [2.24, 2.45) is 0 Å². The number of morpholine rings is 2. The molecule has 0 radical (unpaired) electrons. The van der Waals surface area contributed by atoms with Crippen LogP contribution in [0.5, 0.6) is 0 Å². The van der Waals surface area contributed by atoms with Gasteiger partial charge in [-0.3, -0.25) is 14.4 Å². The molecule has 26 heavy (non-hydrogen) atoms. The molecule has 8 heteroatoms. The maximum absolute atomic E-state index is 13.4. The van der Waals surface area contributed by atoms with Crippen molar-refractivity contribution in [1.82, 2.24) is 9.80 Å². The number of hydrogen-bond acceptors (Lipinski definition) is 7. The van der Waals surface area contributed by atoms with E-state index in [0.29, 0.717) is 18.5 Å². The van der Waals surface area contributed by atoms with Gasteiger partial charge in [0.15, 0.2) is 0 Å². The van der Waals surface area contributed by atoms with E-state index >= 15 is 0 Å². The lowest BCUT2D eigenvalue weighted by Crippen LogP contribution is -2.39. The average molecular weight is 384 g/mol. The molecular weight excluding hydrogens is 355 g/mol. The molecule has 2 heterocycles. The fraction of sp³-hybridized carbons (Fsp3) is 0.667. The molecule has 0 spiro atoms. The van der Waals surface area contributed by atoms with Crippen LogP contribution < -0.4 is 5.30 Å². The van der Waals surface area contributed by atoms with Crippen molar-refractivity contribution in [2.45, 2.75) is 0 Å². The molecule has 0 amide bonds. The highest BCUT2D eigenvalue weighted by atomic mass is 31.2. The summed E-state index contributed by atoms with van der Waals surface area (Å²) in [6.45, 7) is 8.73. The first kappa shape index (κ1) is 20.0. The molecule has 146 valence electrons. The van der Waals surface area contributed by atoms with Crippen LogP contribution in [0.2, 0.25) is 0 Å². The first-order valence-corrected chi connectivity index (χ1v) is 10.9. The largest absolute Gasteiger partial charge is 0.379 e. The topological polar surface area (TPSA) is 60.5 Å². The van der Waals surface area contributed by atoms with Gasteiger partial charge in [-0.25, -0.2) is 0 Å². The molecule has 1 aromatic rings. The Morgan fingerprint density at radius 1 is 0.808 bits per heavy atom. The Kier molecular flexibility index (Phi) is 8.08. The van der Waals surface area contributed by atoms with Crippen LogP contribution in [0.4, 0.5) is 0 Å². The summed E-state index contributed by atoms with van der Waals surface area (Å²) in [5.41, 5.74) is 0. The van der Waals surface area contributed by atoms with Gasteiger partial charge in [0.05, 0.1) is 44.9 Å². The van der Waals surface area contributed by atoms with Gasteiger partial charge in [0.25, 0.3) is 0 Å². The molecule has 0 saturated carbocycles. The van der Waals surface area contributed by atoms with E-state index in [1.165, 1.54) is 0 Å². The van der Waals surface area contributed by atoms with Crippen LogP contribution in [0.15, 0.2) is 30.3 Å². The molecule has 0 unspecified atom stereocenters. The van der Waals surface area contributed by atoms with Crippen LogP contribution in [0.1, 0.15) is 0 Å². The average Bonchev–Trinajstić information content (AvgIpc) is 2.70. The van der Waals surface area contributed by atoms with Crippen molar-refractivity contribution in [3.05, 3.63) is 30.3 Å². The summed E-state index contributed by atoms with van der Waals surface area (Å²) in [5, 5.41) is 0.615. The fourth-order valence-electron chi connectivity index (χ4n) is 3.03. The summed E-state index contributed by atoms with van der Waals surface area (Å²) in [6, 6.07) is 9.24. The number of ether oxygens (including phenoxy) is 2. The van der Waals surface area contributed by atoms with E-state index in [4.69, 9.17) is 18.5 Å². The van der Waals surface area contributed by atoms with Crippen molar-refractivity contribution >= 4 is 12.9 Å². The number of nitrogens with zero attached hydrogens (tertiary/aromatic N) is 2. The zero-order valence-corrected chi connectivity index (χ0v) is 16.1. The Balaban J connectivity index is 1.52. The molecule has 7 nitrogen and oxygen atoms in total. The molecule has 2 saturated heterocycles. The molecule has 2 aliphatic rings. The van der Waals surface area contributed by atoms with Gasteiger partial charge in [0.1, 0.15) is 0 Å². The Labute approximate surface area is 155 Å². The molecular formula is C18H29N2O5P. The maximum Gasteiger partial charge on any atom is 0.361 e. The van der Waals surface area contributed by atoms with Gasteiger partial charge in [-0.15, -0.1) is 0 Å². The normalized spacial score (nSPS) is 20.3. The molecule has 0 aromatic heterocycles. The molecule has 2 aliphatic heterocycles. The Bertz CT molecular complexity index is 534. The van der Waals surface area contributed by atoms with E-state index in [1.54, 1.807) is 0 Å². The highest BCUT2D eigenvalue weighted by Gasteiger charge is 2.28. The molecule has 0 atom stereocenters. The number of hydrogen-bond donors (Lipinski definition) is 0. The second kappa shape index (κ2) is 10.5. The van der Waals surface area contributed by atoms with Gasteiger partial charge < -0.3 is 18.5 Å². The van der Waals surface area contributed by atoms with Crippen LogP contribution in [-0.4, -0.2) is 88.7 Å². The lowest BCUT2D eigenvalue weighted by Gasteiger charge is -2.28. The van der Waals surface area contributed by atoms with Crippen LogP contribution >= 0.6 is 7.60 Å². The second-order valence-electron chi connectivity index (χ2n) is 6.41. The van der Waals surface area contributed by atoms with Crippen molar-refractivity contribution in [3.63, 3.8) is 0 Å². The Morgan fingerprint density at radius 2 is 1.27 bits per heavy atom. The first-order valence-electron chi connectivity index (χ1n) is 9.31. The van der Waals surface area contributed by atoms with Crippen LogP contribution in [0, 0.1) is 0 Å². The van der Waals surface area contributed by atoms with Crippen molar-refractivity contribution in [3.8, 4) is 0 Å². The minimum atomic E-state index is -3.32. The SMILES string of the molecule is O=P(OCCN1CCOCC1)(OCCN1CCOCC1)c1ccccc1. The molecule has 0 bridgehead atoms. The van der Waals surface area contributed by atoms with Crippen LogP contribution in [0.3, 0.4) is 0 Å². The summed E-state index contributed by atoms with van der Waals surface area (Å²) < 4.78 is 35.7. The van der Waals surface area contributed by atoms with Gasteiger partial charge in [-0.05, 0) is 12.1 Å². The predicted molar refractivity (Wildman–Crippen MR) is 100 cm³/mol. The van der Waals surface area contributed by atoms with E-state index in [-0.39, 0.29) is 0 Å². The van der Waals surface area contributed by atoms with E-state index < -0.39 is 7.60 Å². The number of benzene rings is 1. The summed E-state index contributed by atoms with van der Waals surface area (Å²) in [5.74, 6) is 0. The third-order valence-electron chi connectivity index (χ3n) is 4.62. The lowest BCUT2D eigenvalue weighted by atomic mass is 10.4. The van der Waals surface area contributed by atoms with Gasteiger partial charge in [0, 0.05) is 39.3 Å². The fourth-order valence-corrected chi connectivity index (χ4v) is 4.58. The van der Waals surface area contributed by atoms with Gasteiger partial charge in [-0.1, -0.05) is 18.2 Å². The van der Waals surface area contributed by atoms with Gasteiger partial charge in [-0.2, -0.15) is 0 Å². The monoisotopic (exact) mass is 384 g/mol. The molecule has 1 aromatic carbocycles. The minimum Gasteiger partial charge on any atom is -0.379 e. The smallest absolute Gasteiger partial charge is 0.361 e. The third-order valence-corrected chi connectivity index (χ3v) is 6.59. The Hall–Kier alpha value is -0.790. The minimum absolute atomic E-state index is 0.379. The maximum atomic E-state index is 13.4. The van der Waals surface area contributed by atoms with Gasteiger partial charge >= 0.3 is 7.60 Å². The van der Waals surface area contributed by atoms with Crippen molar-refractivity contribution in [2.75, 3.05) is 78.9 Å². The second-order valence-corrected chi connectivity index (χ2v) is 8.44. The predicted octanol–water partition coefficient (Wildman–Crippen LogP) is 1.20. The van der Waals surface area contributed by atoms with E-state index in [2.05, 4.69) is 9.80 Å². The molecule has 0 N–H and O–H groups in total. The standard InChI is InChI=1S/C18H29N2O5P/c21-26(18-4-2-1-3-5-18,24-16-10-19-6-12-22-13-7-19)25-17-11-20-8-14-23-15-9-20/h1-5H,6-17H2. The van der Waals surface area contributed by atoms with Crippen molar-refractivity contribution < 1.29 is 23.1 Å². The zero-order chi connectivity index (χ0) is 18.1. The highest BCUT2D eigenvalue weighted by Crippen LogP contribution is 2.46. The van der Waals surface area contributed by atoms with Crippen molar-refractivity contribution in [1.29, 1.82) is 0 Å². The van der Waals surface area contributed by atoms with E-state index in [9.17, 15) is 4.57 Å². The molecule has 3 rings (SSSR count). The number of rotatable bonds is 9. The van der Waals surface area contributed by atoms with E-state index in [1.807, 2.05) is 30.3 Å². The summed E-state index contributed by atoms with van der Waals surface area (Å²) in [6.07, 6.45) is 0. The highest BCUT2D eigenvalue weighted by molar-refractivity contribution is 7.62. The molecule has 0 aliphatic carbocycles. The summed E-state index contributed by atoms with van der Waals surface area (Å²) in [7, 11) is -3.32. The van der Waals surface area contributed by atoms with Crippen LogP contribution in [0.25, 0.3) is 0 Å². The summed E-state index contributed by atoms with van der Waals surface area (Å²) >= 11 is 0. The summed E-state index contributed by atoms with van der Waals surface area (Å²) in [4.78, 5) is 4.51. The quantitative estimate of drug-likeness (QED) is 0.593. The van der Waals surface area contributed by atoms with Crippen LogP contribution in [-0.2, 0) is 23.1 Å². The molecule has 2 fully saturated rings. The third kappa shape index (κ3) is 6.13. The lowest BCUT2D eigenvalue weighted by molar-refractivity contribution is 0.0278. The van der Waals surface area contributed by atoms with Gasteiger partial charge in [0.2, 0.25) is 0 Å². The van der Waals surface area contributed by atoms with E-state index in [0.717, 1.165) is 65.7 Å². The first-order chi connectivity index (χ1) is 12.8. The zero-order valence-electron chi connectivity index (χ0n) is 15.3.